The lowest BCUT2D eigenvalue weighted by molar-refractivity contribution is -0.151. The third-order valence-corrected chi connectivity index (χ3v) is 5.77. The number of methoxy groups -OCH3 is 1. The van der Waals surface area contributed by atoms with E-state index in [-0.39, 0.29) is 16.9 Å². The van der Waals surface area contributed by atoms with Crippen molar-refractivity contribution in [1.29, 1.82) is 0 Å². The zero-order chi connectivity index (χ0) is 23.8. The molecule has 172 valence electrons. The Balaban J connectivity index is 2.04. The fourth-order valence-electron chi connectivity index (χ4n) is 3.85. The quantitative estimate of drug-likeness (QED) is 0.651. The fourth-order valence-corrected chi connectivity index (χ4v) is 3.85. The first-order valence-corrected chi connectivity index (χ1v) is 9.55. The lowest BCUT2D eigenvalue weighted by Crippen LogP contribution is -2.40. The van der Waals surface area contributed by atoms with Crippen LogP contribution >= 0.6 is 0 Å². The molecule has 3 rings (SSSR count). The lowest BCUT2D eigenvalue weighted by Gasteiger charge is -2.28. The molecule has 32 heavy (non-hydrogen) atoms. The van der Waals surface area contributed by atoms with E-state index in [4.69, 9.17) is 15.2 Å². The van der Waals surface area contributed by atoms with Crippen molar-refractivity contribution in [1.82, 2.24) is 4.98 Å². The van der Waals surface area contributed by atoms with Crippen LogP contribution in [0.2, 0.25) is 0 Å². The van der Waals surface area contributed by atoms with Gasteiger partial charge in [0.25, 0.3) is 18.2 Å². The lowest BCUT2D eigenvalue weighted by atomic mass is 9.77. The van der Waals surface area contributed by atoms with Crippen LogP contribution in [-0.2, 0) is 9.53 Å². The minimum atomic E-state index is -2.98. The van der Waals surface area contributed by atoms with Crippen LogP contribution in [0.25, 0.3) is 0 Å². The standard InChI is InChI=1S/C21H21F4N3O4/c1-9-14(11-4-5-12(22)15(23)16(11)31-3)17(32-21(9,2)20(24)25)19(30)28-10-6-7-27-13(8-10)18(26)29/h4-9,14,17,20H,1-3H3,(H2,26,29)(H,27,28,30)/t9-,14+,17-,21-/m0/s1. The Bertz CT molecular complexity index is 1050. The van der Waals surface area contributed by atoms with Gasteiger partial charge in [0.05, 0.1) is 7.11 Å². The smallest absolute Gasteiger partial charge is 0.267 e. The minimum Gasteiger partial charge on any atom is -0.493 e. The Kier molecular flexibility index (Phi) is 6.40. The Morgan fingerprint density at radius 2 is 1.97 bits per heavy atom. The number of ether oxygens (including phenoxy) is 2. The molecular formula is C21H21F4N3O4. The van der Waals surface area contributed by atoms with Gasteiger partial charge in [-0.05, 0) is 25.1 Å². The molecule has 2 heterocycles. The SMILES string of the molecule is COc1c([C@@H]2[C@@H](C(=O)Nc3ccnc(C(N)=O)c3)O[C@](C)(C(F)F)[C@H]2C)ccc(F)c1F. The van der Waals surface area contributed by atoms with Crippen LogP contribution in [-0.4, -0.2) is 42.0 Å². The molecule has 1 fully saturated rings. The number of nitrogens with zero attached hydrogens (tertiary/aromatic N) is 1. The molecular weight excluding hydrogens is 434 g/mol. The van der Waals surface area contributed by atoms with Crippen LogP contribution in [0.4, 0.5) is 23.2 Å². The first kappa shape index (κ1) is 23.5. The van der Waals surface area contributed by atoms with Gasteiger partial charge in [0.2, 0.25) is 5.82 Å². The van der Waals surface area contributed by atoms with Crippen molar-refractivity contribution in [2.45, 2.75) is 37.9 Å². The monoisotopic (exact) mass is 455 g/mol. The van der Waals surface area contributed by atoms with E-state index in [2.05, 4.69) is 10.3 Å². The molecule has 0 bridgehead atoms. The number of halogens is 4. The molecule has 0 unspecified atom stereocenters. The summed E-state index contributed by atoms with van der Waals surface area (Å²) in [7, 11) is 1.10. The van der Waals surface area contributed by atoms with Crippen LogP contribution < -0.4 is 15.8 Å². The average molecular weight is 455 g/mol. The molecule has 0 radical (unpaired) electrons. The predicted molar refractivity (Wildman–Crippen MR) is 105 cm³/mol. The van der Waals surface area contributed by atoms with Crippen LogP contribution in [0.15, 0.2) is 30.5 Å². The maximum Gasteiger partial charge on any atom is 0.267 e. The Hall–Kier alpha value is -3.21. The van der Waals surface area contributed by atoms with Crippen molar-refractivity contribution in [2.24, 2.45) is 11.7 Å². The number of alkyl halides is 2. The maximum atomic E-state index is 14.3. The Morgan fingerprint density at radius 3 is 2.56 bits per heavy atom. The second kappa shape index (κ2) is 8.73. The number of hydrogen-bond acceptors (Lipinski definition) is 5. The van der Waals surface area contributed by atoms with Crippen molar-refractivity contribution < 1.29 is 36.6 Å². The van der Waals surface area contributed by atoms with Gasteiger partial charge in [-0.25, -0.2) is 13.2 Å². The average Bonchev–Trinajstić information content (AvgIpc) is 3.02. The minimum absolute atomic E-state index is 0.0102. The second-order valence-electron chi connectivity index (χ2n) is 7.60. The number of benzene rings is 1. The van der Waals surface area contributed by atoms with E-state index in [1.54, 1.807) is 0 Å². The number of hydrogen-bond donors (Lipinski definition) is 2. The summed E-state index contributed by atoms with van der Waals surface area (Å²) >= 11 is 0. The summed E-state index contributed by atoms with van der Waals surface area (Å²) in [5.74, 6) is -6.75. The van der Waals surface area contributed by atoms with Gasteiger partial charge >= 0.3 is 0 Å². The fraction of sp³-hybridized carbons (Fsp3) is 0.381. The molecule has 11 heteroatoms. The van der Waals surface area contributed by atoms with Gasteiger partial charge < -0.3 is 20.5 Å². The summed E-state index contributed by atoms with van der Waals surface area (Å²) in [6.07, 6.45) is -3.25. The topological polar surface area (TPSA) is 104 Å². The zero-order valence-corrected chi connectivity index (χ0v) is 17.4. The maximum absolute atomic E-state index is 14.3. The van der Waals surface area contributed by atoms with E-state index in [0.717, 1.165) is 20.1 Å². The molecule has 7 nitrogen and oxygen atoms in total. The number of nitrogens with two attached hydrogens (primary N) is 1. The molecule has 1 saturated heterocycles. The number of primary amides is 1. The second-order valence-corrected chi connectivity index (χ2v) is 7.60. The third-order valence-electron chi connectivity index (χ3n) is 5.77. The van der Waals surface area contributed by atoms with Crippen LogP contribution in [0.1, 0.15) is 35.8 Å². The summed E-state index contributed by atoms with van der Waals surface area (Å²) in [6.45, 7) is 2.58. The number of carbonyl (C=O) groups is 2. The molecule has 3 N–H and O–H groups in total. The first-order chi connectivity index (χ1) is 15.0. The number of amides is 2. The van der Waals surface area contributed by atoms with Gasteiger partial charge in [-0.1, -0.05) is 13.0 Å². The molecule has 1 aliphatic heterocycles. The normalized spacial score (nSPS) is 25.1. The largest absolute Gasteiger partial charge is 0.493 e. The molecule has 2 amide bonds. The van der Waals surface area contributed by atoms with Gasteiger partial charge in [-0.2, -0.15) is 4.39 Å². The van der Waals surface area contributed by atoms with E-state index >= 15 is 0 Å². The summed E-state index contributed by atoms with van der Waals surface area (Å²) < 4.78 is 66.4. The van der Waals surface area contributed by atoms with Gasteiger partial charge in [0.1, 0.15) is 17.4 Å². The van der Waals surface area contributed by atoms with Crippen LogP contribution in [0, 0.1) is 17.6 Å². The van der Waals surface area contributed by atoms with E-state index in [1.165, 1.54) is 31.3 Å². The third kappa shape index (κ3) is 3.99. The van der Waals surface area contributed by atoms with E-state index in [9.17, 15) is 27.2 Å². The van der Waals surface area contributed by atoms with Gasteiger partial charge in [-0.3, -0.25) is 14.6 Å². The van der Waals surface area contributed by atoms with E-state index < -0.39 is 59.2 Å². The summed E-state index contributed by atoms with van der Waals surface area (Å²) in [4.78, 5) is 28.1. The van der Waals surface area contributed by atoms with Gasteiger partial charge in [0.15, 0.2) is 11.6 Å². The van der Waals surface area contributed by atoms with Crippen molar-refractivity contribution in [2.75, 3.05) is 12.4 Å². The molecule has 4 atom stereocenters. The highest BCUT2D eigenvalue weighted by atomic mass is 19.3. The number of carbonyl (C=O) groups excluding carboxylic acids is 2. The number of anilines is 1. The van der Waals surface area contributed by atoms with Gasteiger partial charge in [-0.15, -0.1) is 0 Å². The van der Waals surface area contributed by atoms with E-state index in [1.807, 2.05) is 0 Å². The summed E-state index contributed by atoms with van der Waals surface area (Å²) in [5.41, 5.74) is 3.13. The Morgan fingerprint density at radius 1 is 1.28 bits per heavy atom. The Labute approximate surface area is 180 Å². The number of aromatic nitrogens is 1. The molecule has 1 aliphatic rings. The number of rotatable bonds is 6. The molecule has 1 aromatic carbocycles. The highest BCUT2D eigenvalue weighted by molar-refractivity contribution is 5.97. The molecule has 1 aromatic heterocycles. The zero-order valence-electron chi connectivity index (χ0n) is 17.4. The summed E-state index contributed by atoms with van der Waals surface area (Å²) in [6, 6.07) is 4.58. The number of nitrogens with one attached hydrogen (secondary N) is 1. The molecule has 0 saturated carbocycles. The van der Waals surface area contributed by atoms with Crippen LogP contribution in [0.5, 0.6) is 5.75 Å². The van der Waals surface area contributed by atoms with Crippen molar-refractivity contribution in [3.05, 3.63) is 53.4 Å². The first-order valence-electron chi connectivity index (χ1n) is 9.55. The summed E-state index contributed by atoms with van der Waals surface area (Å²) in [5, 5.41) is 2.47. The van der Waals surface area contributed by atoms with E-state index in [0.29, 0.717) is 0 Å². The van der Waals surface area contributed by atoms with Crippen molar-refractivity contribution in [3.8, 4) is 5.75 Å². The number of pyridine rings is 1. The highest BCUT2D eigenvalue weighted by Gasteiger charge is 2.58. The molecule has 0 aliphatic carbocycles. The van der Waals surface area contributed by atoms with Crippen molar-refractivity contribution >= 4 is 17.5 Å². The highest BCUT2D eigenvalue weighted by Crippen LogP contribution is 2.51. The molecule has 0 spiro atoms. The van der Waals surface area contributed by atoms with Gasteiger partial charge in [0, 0.05) is 29.3 Å². The molecule has 2 aromatic rings. The van der Waals surface area contributed by atoms with Crippen LogP contribution in [0.3, 0.4) is 0 Å². The van der Waals surface area contributed by atoms with Crippen molar-refractivity contribution in [3.63, 3.8) is 0 Å². The predicted octanol–water partition coefficient (Wildman–Crippen LogP) is 3.25.